The van der Waals surface area contributed by atoms with Crippen molar-refractivity contribution in [2.45, 2.75) is 26.7 Å². The van der Waals surface area contributed by atoms with Gasteiger partial charge in [-0.2, -0.15) is 0 Å². The van der Waals surface area contributed by atoms with E-state index in [0.717, 1.165) is 12.0 Å². The van der Waals surface area contributed by atoms with E-state index in [2.05, 4.69) is 10.6 Å². The Hall–Kier alpha value is -3.02. The second-order valence-electron chi connectivity index (χ2n) is 5.87. The van der Waals surface area contributed by atoms with Crippen molar-refractivity contribution in [2.75, 3.05) is 24.9 Å². The Labute approximate surface area is 153 Å². The molecule has 2 aromatic carbocycles. The summed E-state index contributed by atoms with van der Waals surface area (Å²) in [7, 11) is 3.01. The van der Waals surface area contributed by atoms with Crippen LogP contribution in [0.25, 0.3) is 0 Å². The maximum atomic E-state index is 12.5. The Bertz CT molecular complexity index is 802. The predicted octanol–water partition coefficient (Wildman–Crippen LogP) is 4.00. The number of aryl methyl sites for hydroxylation is 1. The number of anilines is 2. The van der Waals surface area contributed by atoms with E-state index in [1.54, 1.807) is 24.3 Å². The Balaban J connectivity index is 2.30. The smallest absolute Gasteiger partial charge is 0.255 e. The molecule has 138 valence electrons. The fourth-order valence-electron chi connectivity index (χ4n) is 2.51. The van der Waals surface area contributed by atoms with Gasteiger partial charge in [0.15, 0.2) is 0 Å². The van der Waals surface area contributed by atoms with Crippen LogP contribution in [0.3, 0.4) is 0 Å². The van der Waals surface area contributed by atoms with Gasteiger partial charge in [0, 0.05) is 24.1 Å². The number of hydrogen-bond donors (Lipinski definition) is 2. The van der Waals surface area contributed by atoms with E-state index >= 15 is 0 Å². The quantitative estimate of drug-likeness (QED) is 0.786. The third kappa shape index (κ3) is 4.75. The van der Waals surface area contributed by atoms with Gasteiger partial charge in [-0.15, -0.1) is 0 Å². The number of benzene rings is 2. The predicted molar refractivity (Wildman–Crippen MR) is 102 cm³/mol. The van der Waals surface area contributed by atoms with Gasteiger partial charge in [0.25, 0.3) is 5.91 Å². The molecule has 0 spiro atoms. The van der Waals surface area contributed by atoms with Crippen molar-refractivity contribution in [1.82, 2.24) is 0 Å². The highest BCUT2D eigenvalue weighted by molar-refractivity contribution is 6.05. The number of ether oxygens (including phenoxy) is 2. The van der Waals surface area contributed by atoms with Crippen LogP contribution in [0.4, 0.5) is 11.4 Å². The molecule has 6 heteroatoms. The molecule has 0 saturated carbocycles. The molecule has 0 heterocycles. The van der Waals surface area contributed by atoms with Crippen LogP contribution in [-0.2, 0) is 4.79 Å². The molecule has 0 aliphatic heterocycles. The molecular formula is C20H24N2O4. The largest absolute Gasteiger partial charge is 0.494 e. The number of amides is 2. The average molecular weight is 356 g/mol. The van der Waals surface area contributed by atoms with Gasteiger partial charge in [0.2, 0.25) is 5.91 Å². The van der Waals surface area contributed by atoms with E-state index in [1.165, 1.54) is 14.2 Å². The third-order valence-electron chi connectivity index (χ3n) is 3.80. The van der Waals surface area contributed by atoms with Gasteiger partial charge in [-0.3, -0.25) is 9.59 Å². The molecule has 0 unspecified atom stereocenters. The van der Waals surface area contributed by atoms with Crippen molar-refractivity contribution in [3.05, 3.63) is 47.5 Å². The third-order valence-corrected chi connectivity index (χ3v) is 3.80. The van der Waals surface area contributed by atoms with E-state index < -0.39 is 0 Å². The molecule has 0 aliphatic rings. The van der Waals surface area contributed by atoms with Crippen LogP contribution in [-0.4, -0.2) is 26.0 Å². The summed E-state index contributed by atoms with van der Waals surface area (Å²) in [6.45, 7) is 3.86. The van der Waals surface area contributed by atoms with E-state index in [9.17, 15) is 9.59 Å². The van der Waals surface area contributed by atoms with Crippen molar-refractivity contribution in [1.29, 1.82) is 0 Å². The average Bonchev–Trinajstić information content (AvgIpc) is 2.62. The van der Waals surface area contributed by atoms with Crippen LogP contribution in [0.15, 0.2) is 36.4 Å². The van der Waals surface area contributed by atoms with Crippen LogP contribution in [0.1, 0.15) is 35.7 Å². The second kappa shape index (κ2) is 8.89. The summed E-state index contributed by atoms with van der Waals surface area (Å²) in [6, 6.07) is 10.6. The van der Waals surface area contributed by atoms with Crippen LogP contribution < -0.4 is 20.1 Å². The number of rotatable bonds is 7. The molecule has 0 saturated heterocycles. The lowest BCUT2D eigenvalue weighted by Gasteiger charge is -2.16. The highest BCUT2D eigenvalue weighted by Gasteiger charge is 2.16. The van der Waals surface area contributed by atoms with Gasteiger partial charge >= 0.3 is 0 Å². The Morgan fingerprint density at radius 1 is 0.962 bits per heavy atom. The van der Waals surface area contributed by atoms with Gasteiger partial charge < -0.3 is 20.1 Å². The molecule has 0 aromatic heterocycles. The minimum absolute atomic E-state index is 0.107. The minimum atomic E-state index is -0.253. The molecule has 0 radical (unpaired) electrons. The number of hydrogen-bond acceptors (Lipinski definition) is 4. The summed E-state index contributed by atoms with van der Waals surface area (Å²) in [4.78, 5) is 24.4. The molecule has 0 bridgehead atoms. The number of methoxy groups -OCH3 is 2. The lowest BCUT2D eigenvalue weighted by Crippen LogP contribution is -2.14. The molecule has 0 fully saturated rings. The lowest BCUT2D eigenvalue weighted by molar-refractivity contribution is -0.116. The SMILES string of the molecule is CCCC(=O)Nc1cc(OC)c(NC(=O)c2cccc(C)c2)cc1OC. The molecule has 2 N–H and O–H groups in total. The minimum Gasteiger partial charge on any atom is -0.494 e. The fraction of sp³-hybridized carbons (Fsp3) is 0.300. The molecule has 26 heavy (non-hydrogen) atoms. The van der Waals surface area contributed by atoms with Gasteiger partial charge in [-0.1, -0.05) is 24.6 Å². The van der Waals surface area contributed by atoms with Crippen molar-refractivity contribution in [3.63, 3.8) is 0 Å². The topological polar surface area (TPSA) is 76.7 Å². The zero-order valence-corrected chi connectivity index (χ0v) is 15.5. The summed E-state index contributed by atoms with van der Waals surface area (Å²) in [5, 5.41) is 5.63. The van der Waals surface area contributed by atoms with E-state index in [0.29, 0.717) is 34.9 Å². The van der Waals surface area contributed by atoms with Crippen LogP contribution in [0.2, 0.25) is 0 Å². The molecule has 6 nitrogen and oxygen atoms in total. The summed E-state index contributed by atoms with van der Waals surface area (Å²) in [6.07, 6.45) is 1.16. The summed E-state index contributed by atoms with van der Waals surface area (Å²) < 4.78 is 10.7. The lowest BCUT2D eigenvalue weighted by atomic mass is 10.1. The number of carbonyl (C=O) groups excluding carboxylic acids is 2. The zero-order chi connectivity index (χ0) is 19.1. The van der Waals surface area contributed by atoms with E-state index in [4.69, 9.17) is 9.47 Å². The van der Waals surface area contributed by atoms with Crippen molar-refractivity contribution in [2.24, 2.45) is 0 Å². The summed E-state index contributed by atoms with van der Waals surface area (Å²) >= 11 is 0. The van der Waals surface area contributed by atoms with Crippen LogP contribution in [0, 0.1) is 6.92 Å². The first-order valence-corrected chi connectivity index (χ1v) is 8.42. The van der Waals surface area contributed by atoms with Crippen LogP contribution in [0.5, 0.6) is 11.5 Å². The zero-order valence-electron chi connectivity index (χ0n) is 15.5. The van der Waals surface area contributed by atoms with Crippen molar-refractivity contribution < 1.29 is 19.1 Å². The molecule has 2 aromatic rings. The van der Waals surface area contributed by atoms with Crippen molar-refractivity contribution >= 4 is 23.2 Å². The fourth-order valence-corrected chi connectivity index (χ4v) is 2.51. The monoisotopic (exact) mass is 356 g/mol. The normalized spacial score (nSPS) is 10.2. The molecule has 2 amide bonds. The van der Waals surface area contributed by atoms with Gasteiger partial charge in [-0.25, -0.2) is 0 Å². The highest BCUT2D eigenvalue weighted by atomic mass is 16.5. The van der Waals surface area contributed by atoms with Crippen molar-refractivity contribution in [3.8, 4) is 11.5 Å². The Kier molecular flexibility index (Phi) is 6.60. The Morgan fingerprint density at radius 2 is 1.58 bits per heavy atom. The van der Waals surface area contributed by atoms with Gasteiger partial charge in [-0.05, 0) is 25.5 Å². The second-order valence-corrected chi connectivity index (χ2v) is 5.87. The first kappa shape index (κ1) is 19.3. The van der Waals surface area contributed by atoms with Gasteiger partial charge in [0.05, 0.1) is 25.6 Å². The van der Waals surface area contributed by atoms with E-state index in [-0.39, 0.29) is 11.8 Å². The molecule has 0 aliphatic carbocycles. The highest BCUT2D eigenvalue weighted by Crippen LogP contribution is 2.36. The molecule has 0 atom stereocenters. The first-order valence-electron chi connectivity index (χ1n) is 8.42. The Morgan fingerprint density at radius 3 is 2.12 bits per heavy atom. The van der Waals surface area contributed by atoms with Crippen LogP contribution >= 0.6 is 0 Å². The summed E-state index contributed by atoms with van der Waals surface area (Å²) in [5.74, 6) is 0.509. The number of carbonyl (C=O) groups is 2. The standard InChI is InChI=1S/C20H24N2O4/c1-5-7-19(23)21-15-11-18(26-4)16(12-17(15)25-3)22-20(24)14-9-6-8-13(2)10-14/h6,8-12H,5,7H2,1-4H3,(H,21,23)(H,22,24). The maximum Gasteiger partial charge on any atom is 0.255 e. The molecule has 2 rings (SSSR count). The number of nitrogens with one attached hydrogen (secondary N) is 2. The molecular weight excluding hydrogens is 332 g/mol. The van der Waals surface area contributed by atoms with E-state index in [1.807, 2.05) is 26.0 Å². The first-order chi connectivity index (χ1) is 12.5. The van der Waals surface area contributed by atoms with Gasteiger partial charge in [0.1, 0.15) is 11.5 Å². The summed E-state index contributed by atoms with van der Waals surface area (Å²) in [5.41, 5.74) is 2.50. The maximum absolute atomic E-state index is 12.5.